The Balaban J connectivity index is 1.52. The van der Waals surface area contributed by atoms with E-state index in [1.54, 1.807) is 7.11 Å². The molecular weight excluding hydrogens is 334 g/mol. The van der Waals surface area contributed by atoms with Gasteiger partial charge in [0.2, 0.25) is 5.91 Å². The molecule has 0 bridgehead atoms. The van der Waals surface area contributed by atoms with E-state index < -0.39 is 0 Å². The van der Waals surface area contributed by atoms with Crippen molar-refractivity contribution in [3.05, 3.63) is 58.3 Å². The van der Waals surface area contributed by atoms with Crippen molar-refractivity contribution in [3.63, 3.8) is 0 Å². The summed E-state index contributed by atoms with van der Waals surface area (Å²) in [6.45, 7) is 1.70. The predicted octanol–water partition coefficient (Wildman–Crippen LogP) is 1.18. The average molecular weight is 357 g/mol. The standard InChI is InChI=1S/C19H23N3O4/c1-25-16-5-2-14(3-6-16)10-19(24)22-8-9-26-17(12-22)7-4-15-11-18(23)21-13-20-15/h2-3,5-6,11,13,17H,4,7-10,12H2,1H3,(H,20,21,23). The Morgan fingerprint density at radius 1 is 1.38 bits per heavy atom. The van der Waals surface area contributed by atoms with E-state index in [-0.39, 0.29) is 17.6 Å². The molecule has 1 saturated heterocycles. The van der Waals surface area contributed by atoms with Crippen molar-refractivity contribution in [3.8, 4) is 5.75 Å². The van der Waals surface area contributed by atoms with Gasteiger partial charge in [-0.25, -0.2) is 4.98 Å². The summed E-state index contributed by atoms with van der Waals surface area (Å²) in [5, 5.41) is 0. The lowest BCUT2D eigenvalue weighted by Gasteiger charge is -2.33. The lowest BCUT2D eigenvalue weighted by Crippen LogP contribution is -2.46. The van der Waals surface area contributed by atoms with Crippen LogP contribution in [0.1, 0.15) is 17.7 Å². The van der Waals surface area contributed by atoms with Gasteiger partial charge in [0.25, 0.3) is 5.56 Å². The van der Waals surface area contributed by atoms with Gasteiger partial charge < -0.3 is 19.4 Å². The first kappa shape index (κ1) is 18.1. The van der Waals surface area contributed by atoms with Crippen LogP contribution in [0.4, 0.5) is 0 Å². The number of aromatic nitrogens is 2. The van der Waals surface area contributed by atoms with Crippen molar-refractivity contribution in [1.82, 2.24) is 14.9 Å². The second-order valence-corrected chi connectivity index (χ2v) is 6.30. The van der Waals surface area contributed by atoms with Crippen molar-refractivity contribution in [2.75, 3.05) is 26.8 Å². The van der Waals surface area contributed by atoms with Gasteiger partial charge in [0.05, 0.1) is 32.6 Å². The van der Waals surface area contributed by atoms with Gasteiger partial charge in [0, 0.05) is 24.8 Å². The predicted molar refractivity (Wildman–Crippen MR) is 96.2 cm³/mol. The number of H-pyrrole nitrogens is 1. The number of amides is 1. The Kier molecular flexibility index (Phi) is 6.01. The van der Waals surface area contributed by atoms with Crippen LogP contribution < -0.4 is 10.3 Å². The molecule has 2 aromatic rings. The summed E-state index contributed by atoms with van der Waals surface area (Å²) >= 11 is 0. The Hall–Kier alpha value is -2.67. The third-order valence-corrected chi connectivity index (χ3v) is 4.46. The van der Waals surface area contributed by atoms with Crippen LogP contribution in [-0.2, 0) is 22.4 Å². The molecule has 1 N–H and O–H groups in total. The number of benzene rings is 1. The Morgan fingerprint density at radius 2 is 2.19 bits per heavy atom. The fourth-order valence-corrected chi connectivity index (χ4v) is 3.00. The zero-order valence-corrected chi connectivity index (χ0v) is 14.8. The molecule has 0 saturated carbocycles. The molecule has 26 heavy (non-hydrogen) atoms. The Labute approximate surface area is 152 Å². The first-order chi connectivity index (χ1) is 12.6. The second kappa shape index (κ2) is 8.62. The van der Waals surface area contributed by atoms with E-state index in [1.165, 1.54) is 12.4 Å². The highest BCUT2D eigenvalue weighted by molar-refractivity contribution is 5.79. The lowest BCUT2D eigenvalue weighted by molar-refractivity contribution is -0.138. The van der Waals surface area contributed by atoms with E-state index in [9.17, 15) is 9.59 Å². The highest BCUT2D eigenvalue weighted by Crippen LogP contribution is 2.15. The van der Waals surface area contributed by atoms with Crippen LogP contribution in [0.3, 0.4) is 0 Å². The molecule has 0 spiro atoms. The van der Waals surface area contributed by atoms with Crippen molar-refractivity contribution >= 4 is 5.91 Å². The molecule has 1 amide bonds. The first-order valence-electron chi connectivity index (χ1n) is 8.70. The molecule has 2 heterocycles. The summed E-state index contributed by atoms with van der Waals surface area (Å²) in [4.78, 5) is 32.4. The maximum atomic E-state index is 12.6. The van der Waals surface area contributed by atoms with Gasteiger partial charge in [-0.15, -0.1) is 0 Å². The summed E-state index contributed by atoms with van der Waals surface area (Å²) in [6.07, 6.45) is 3.11. The molecule has 1 aromatic carbocycles. The van der Waals surface area contributed by atoms with Crippen LogP contribution in [0.2, 0.25) is 0 Å². The number of aryl methyl sites for hydroxylation is 1. The monoisotopic (exact) mass is 357 g/mol. The quantitative estimate of drug-likeness (QED) is 0.839. The van der Waals surface area contributed by atoms with Gasteiger partial charge in [0.15, 0.2) is 0 Å². The number of methoxy groups -OCH3 is 1. The van der Waals surface area contributed by atoms with E-state index >= 15 is 0 Å². The molecule has 138 valence electrons. The summed E-state index contributed by atoms with van der Waals surface area (Å²) < 4.78 is 10.9. The van der Waals surface area contributed by atoms with Crippen LogP contribution in [0.5, 0.6) is 5.75 Å². The smallest absolute Gasteiger partial charge is 0.250 e. The molecule has 7 heteroatoms. The van der Waals surface area contributed by atoms with Crippen molar-refractivity contribution in [2.45, 2.75) is 25.4 Å². The molecule has 1 fully saturated rings. The lowest BCUT2D eigenvalue weighted by atomic mass is 10.1. The van der Waals surface area contributed by atoms with Crippen LogP contribution >= 0.6 is 0 Å². The summed E-state index contributed by atoms with van der Waals surface area (Å²) in [7, 11) is 1.62. The van der Waals surface area contributed by atoms with E-state index in [2.05, 4.69) is 9.97 Å². The van der Waals surface area contributed by atoms with Crippen LogP contribution in [0.15, 0.2) is 41.5 Å². The van der Waals surface area contributed by atoms with E-state index in [0.29, 0.717) is 32.5 Å². The zero-order chi connectivity index (χ0) is 18.4. The zero-order valence-electron chi connectivity index (χ0n) is 14.8. The number of nitrogens with zero attached hydrogens (tertiary/aromatic N) is 2. The number of aromatic amines is 1. The molecule has 3 rings (SSSR count). The minimum Gasteiger partial charge on any atom is -0.497 e. The normalized spacial score (nSPS) is 17.1. The number of hydrogen-bond acceptors (Lipinski definition) is 5. The van der Waals surface area contributed by atoms with Crippen LogP contribution in [0, 0.1) is 0 Å². The molecule has 7 nitrogen and oxygen atoms in total. The SMILES string of the molecule is COc1ccc(CC(=O)N2CCOC(CCc3cc(=O)[nH]cn3)C2)cc1. The summed E-state index contributed by atoms with van der Waals surface area (Å²) in [5.41, 5.74) is 1.54. The van der Waals surface area contributed by atoms with E-state index in [0.717, 1.165) is 23.4 Å². The molecule has 1 atom stereocenters. The third-order valence-electron chi connectivity index (χ3n) is 4.46. The van der Waals surface area contributed by atoms with E-state index in [1.807, 2.05) is 29.2 Å². The fraction of sp³-hybridized carbons (Fsp3) is 0.421. The van der Waals surface area contributed by atoms with E-state index in [4.69, 9.17) is 9.47 Å². The number of rotatable bonds is 6. The van der Waals surface area contributed by atoms with Gasteiger partial charge in [-0.05, 0) is 30.5 Å². The second-order valence-electron chi connectivity index (χ2n) is 6.30. The molecule has 1 aliphatic heterocycles. The van der Waals surface area contributed by atoms with Gasteiger partial charge in [-0.3, -0.25) is 9.59 Å². The Bertz CT molecular complexity index is 788. The first-order valence-corrected chi connectivity index (χ1v) is 8.70. The topological polar surface area (TPSA) is 84.5 Å². The fourth-order valence-electron chi connectivity index (χ4n) is 3.00. The van der Waals surface area contributed by atoms with Gasteiger partial charge >= 0.3 is 0 Å². The highest BCUT2D eigenvalue weighted by Gasteiger charge is 2.24. The minimum atomic E-state index is -0.157. The number of nitrogens with one attached hydrogen (secondary N) is 1. The number of hydrogen-bond donors (Lipinski definition) is 1. The van der Waals surface area contributed by atoms with Crippen molar-refractivity contribution < 1.29 is 14.3 Å². The van der Waals surface area contributed by atoms with Crippen molar-refractivity contribution in [2.24, 2.45) is 0 Å². The number of ether oxygens (including phenoxy) is 2. The average Bonchev–Trinajstić information content (AvgIpc) is 2.67. The van der Waals surface area contributed by atoms with Crippen molar-refractivity contribution in [1.29, 1.82) is 0 Å². The van der Waals surface area contributed by atoms with Crippen LogP contribution in [-0.4, -0.2) is 53.7 Å². The largest absolute Gasteiger partial charge is 0.497 e. The molecule has 1 unspecified atom stereocenters. The Morgan fingerprint density at radius 3 is 2.92 bits per heavy atom. The third kappa shape index (κ3) is 4.92. The molecule has 0 radical (unpaired) electrons. The molecule has 0 aliphatic carbocycles. The molecular formula is C19H23N3O4. The van der Waals surface area contributed by atoms with Gasteiger partial charge in [-0.1, -0.05) is 12.1 Å². The molecule has 1 aromatic heterocycles. The maximum absolute atomic E-state index is 12.6. The molecule has 1 aliphatic rings. The number of carbonyl (C=O) groups is 1. The maximum Gasteiger partial charge on any atom is 0.250 e. The summed E-state index contributed by atoms with van der Waals surface area (Å²) in [5.74, 6) is 0.874. The van der Waals surface area contributed by atoms with Gasteiger partial charge in [-0.2, -0.15) is 0 Å². The highest BCUT2D eigenvalue weighted by atomic mass is 16.5. The van der Waals surface area contributed by atoms with Crippen LogP contribution in [0.25, 0.3) is 0 Å². The minimum absolute atomic E-state index is 0.0374. The summed E-state index contributed by atoms with van der Waals surface area (Å²) in [6, 6.07) is 9.04. The number of morpholine rings is 1. The number of carbonyl (C=O) groups excluding carboxylic acids is 1. The van der Waals surface area contributed by atoms with Gasteiger partial charge in [0.1, 0.15) is 5.75 Å².